The van der Waals surface area contributed by atoms with Crippen LogP contribution in [0.25, 0.3) is 11.0 Å². The van der Waals surface area contributed by atoms with Crippen molar-refractivity contribution in [2.24, 2.45) is 0 Å². The lowest BCUT2D eigenvalue weighted by atomic mass is 9.88. The minimum atomic E-state index is -0.0370. The Morgan fingerprint density at radius 1 is 1.07 bits per heavy atom. The summed E-state index contributed by atoms with van der Waals surface area (Å²) in [6, 6.07) is 7.79. The Kier molecular flexibility index (Phi) is 6.60. The van der Waals surface area contributed by atoms with Crippen molar-refractivity contribution in [3.8, 4) is 0 Å². The van der Waals surface area contributed by atoms with Crippen molar-refractivity contribution >= 4 is 16.9 Å². The molecule has 1 aliphatic rings. The molecule has 0 bridgehead atoms. The predicted octanol–water partition coefficient (Wildman–Crippen LogP) is 2.98. The molecule has 0 saturated heterocycles. The Labute approximate surface area is 167 Å². The van der Waals surface area contributed by atoms with Crippen LogP contribution in [0.15, 0.2) is 29.1 Å². The lowest BCUT2D eigenvalue weighted by Crippen LogP contribution is -2.52. The molecule has 3 rings (SSSR count). The van der Waals surface area contributed by atoms with Crippen LogP contribution in [-0.2, 0) is 17.9 Å². The first kappa shape index (κ1) is 20.6. The number of carbonyl (C=O) groups excluding carboxylic acids is 1. The molecule has 0 aliphatic heterocycles. The predicted molar refractivity (Wildman–Crippen MR) is 114 cm³/mol. The Hall–Kier alpha value is -2.08. The number of likely N-dealkylation sites (N-methyl/N-ethyl adjacent to an activating group) is 1. The molecule has 6 heteroatoms. The zero-order chi connectivity index (χ0) is 20.1. The summed E-state index contributed by atoms with van der Waals surface area (Å²) in [5, 5.41) is 3.16. The first-order valence-corrected chi connectivity index (χ1v) is 10.6. The fourth-order valence-electron chi connectivity index (χ4n) is 4.53. The van der Waals surface area contributed by atoms with Crippen LogP contribution in [0, 0.1) is 0 Å². The van der Waals surface area contributed by atoms with Gasteiger partial charge in [-0.2, -0.15) is 0 Å². The molecule has 28 heavy (non-hydrogen) atoms. The third-order valence-corrected chi connectivity index (χ3v) is 6.40. The topological polar surface area (TPSA) is 59.3 Å². The summed E-state index contributed by atoms with van der Waals surface area (Å²) in [4.78, 5) is 27.6. The molecule has 1 aromatic heterocycles. The van der Waals surface area contributed by atoms with Gasteiger partial charge in [0.05, 0.1) is 11.0 Å². The summed E-state index contributed by atoms with van der Waals surface area (Å²) in [7, 11) is 4.24. The van der Waals surface area contributed by atoms with Crippen molar-refractivity contribution < 1.29 is 4.79 Å². The summed E-state index contributed by atoms with van der Waals surface area (Å²) in [5.74, 6) is 0.0192. The molecule has 1 saturated carbocycles. The van der Waals surface area contributed by atoms with E-state index in [2.05, 4.69) is 24.3 Å². The summed E-state index contributed by atoms with van der Waals surface area (Å²) in [6.07, 6.45) is 7.59. The number of para-hydroxylation sites is 2. The van der Waals surface area contributed by atoms with Gasteiger partial charge in [-0.15, -0.1) is 0 Å². The molecule has 1 fully saturated rings. The Morgan fingerprint density at radius 2 is 1.68 bits per heavy atom. The van der Waals surface area contributed by atoms with Gasteiger partial charge < -0.3 is 10.2 Å². The van der Waals surface area contributed by atoms with Crippen molar-refractivity contribution in [3.63, 3.8) is 0 Å². The normalized spacial score (nSPS) is 17.0. The minimum Gasteiger partial charge on any atom is -0.354 e. The van der Waals surface area contributed by atoms with Crippen LogP contribution in [0.3, 0.4) is 0 Å². The van der Waals surface area contributed by atoms with E-state index in [1.165, 1.54) is 25.7 Å². The van der Waals surface area contributed by atoms with Gasteiger partial charge in [-0.05, 0) is 46.0 Å². The third kappa shape index (κ3) is 4.17. The molecule has 1 amide bonds. The van der Waals surface area contributed by atoms with Crippen LogP contribution in [0.1, 0.15) is 51.9 Å². The number of carbonyl (C=O) groups is 1. The van der Waals surface area contributed by atoms with E-state index >= 15 is 0 Å². The lowest BCUT2D eigenvalue weighted by Gasteiger charge is -2.39. The van der Waals surface area contributed by atoms with Gasteiger partial charge in [-0.25, -0.2) is 4.79 Å². The number of fused-ring (bicyclic) bond motifs is 1. The molecule has 0 atom stereocenters. The fourth-order valence-corrected chi connectivity index (χ4v) is 4.53. The summed E-state index contributed by atoms with van der Waals surface area (Å²) >= 11 is 0. The largest absolute Gasteiger partial charge is 0.354 e. The highest BCUT2D eigenvalue weighted by Gasteiger charge is 2.33. The molecule has 0 unspecified atom stereocenters. The van der Waals surface area contributed by atoms with Crippen LogP contribution in [0.2, 0.25) is 0 Å². The van der Waals surface area contributed by atoms with Crippen LogP contribution in [-0.4, -0.2) is 46.1 Å². The number of imidazole rings is 1. The third-order valence-electron chi connectivity index (χ3n) is 6.40. The van der Waals surface area contributed by atoms with Gasteiger partial charge in [0.1, 0.15) is 0 Å². The number of hydrogen-bond donors (Lipinski definition) is 1. The van der Waals surface area contributed by atoms with Crippen molar-refractivity contribution in [2.45, 2.75) is 70.5 Å². The summed E-state index contributed by atoms with van der Waals surface area (Å²) < 4.78 is 3.49. The van der Waals surface area contributed by atoms with E-state index in [1.807, 2.05) is 31.2 Å². The second-order valence-corrected chi connectivity index (χ2v) is 8.23. The first-order valence-electron chi connectivity index (χ1n) is 10.6. The van der Waals surface area contributed by atoms with Gasteiger partial charge in [0.15, 0.2) is 0 Å². The van der Waals surface area contributed by atoms with Gasteiger partial charge in [0.25, 0.3) is 0 Å². The van der Waals surface area contributed by atoms with Crippen molar-refractivity contribution in [2.75, 3.05) is 20.6 Å². The number of aryl methyl sites for hydroxylation is 2. The quantitative estimate of drug-likeness (QED) is 0.744. The van der Waals surface area contributed by atoms with E-state index in [9.17, 15) is 9.59 Å². The first-order chi connectivity index (χ1) is 13.5. The number of nitrogens with zero attached hydrogens (tertiary/aromatic N) is 3. The van der Waals surface area contributed by atoms with E-state index in [0.717, 1.165) is 23.9 Å². The number of hydrogen-bond acceptors (Lipinski definition) is 3. The number of rotatable bonds is 7. The molecule has 1 aliphatic carbocycles. The lowest BCUT2D eigenvalue weighted by molar-refractivity contribution is -0.122. The fraction of sp³-hybridized carbons (Fsp3) is 0.636. The zero-order valence-electron chi connectivity index (χ0n) is 17.5. The molecule has 1 aromatic carbocycles. The number of amides is 1. The van der Waals surface area contributed by atoms with Crippen LogP contribution >= 0.6 is 0 Å². The average Bonchev–Trinajstić information content (AvgIpc) is 2.83. The Balaban J connectivity index is 1.65. The zero-order valence-corrected chi connectivity index (χ0v) is 17.5. The van der Waals surface area contributed by atoms with E-state index in [4.69, 9.17) is 0 Å². The highest BCUT2D eigenvalue weighted by atomic mass is 16.2. The van der Waals surface area contributed by atoms with Gasteiger partial charge >= 0.3 is 5.69 Å². The van der Waals surface area contributed by atoms with Gasteiger partial charge in [-0.3, -0.25) is 13.9 Å². The van der Waals surface area contributed by atoms with E-state index in [0.29, 0.717) is 26.1 Å². The smallest absolute Gasteiger partial charge is 0.329 e. The number of nitrogens with one attached hydrogen (secondary N) is 1. The molecule has 154 valence electrons. The van der Waals surface area contributed by atoms with Crippen LogP contribution in [0.5, 0.6) is 0 Å². The van der Waals surface area contributed by atoms with Gasteiger partial charge in [-0.1, -0.05) is 37.8 Å². The van der Waals surface area contributed by atoms with Crippen molar-refractivity contribution in [1.29, 1.82) is 0 Å². The molecule has 1 heterocycles. The Bertz CT molecular complexity index is 857. The highest BCUT2D eigenvalue weighted by Crippen LogP contribution is 2.30. The molecule has 0 radical (unpaired) electrons. The standard InChI is InChI=1S/C22H34N4O2/c1-4-25-18-11-7-8-12-19(18)26(21(25)28)16-13-20(27)23-17-22(24(2)3)14-9-5-6-10-15-22/h7-8,11-12H,4-6,9-10,13-17H2,1-3H3,(H,23,27). The molecule has 0 spiro atoms. The van der Waals surface area contributed by atoms with Crippen LogP contribution in [0.4, 0.5) is 0 Å². The van der Waals surface area contributed by atoms with E-state index < -0.39 is 0 Å². The molecular formula is C22H34N4O2. The van der Waals surface area contributed by atoms with Gasteiger partial charge in [0, 0.05) is 31.6 Å². The summed E-state index contributed by atoms with van der Waals surface area (Å²) in [6.45, 7) is 3.69. The molecule has 2 aromatic rings. The molecule has 1 N–H and O–H groups in total. The maximum atomic E-state index is 12.7. The van der Waals surface area contributed by atoms with Crippen molar-refractivity contribution in [1.82, 2.24) is 19.4 Å². The highest BCUT2D eigenvalue weighted by molar-refractivity contribution is 5.78. The number of aromatic nitrogens is 2. The maximum Gasteiger partial charge on any atom is 0.329 e. The maximum absolute atomic E-state index is 12.7. The van der Waals surface area contributed by atoms with Crippen molar-refractivity contribution in [3.05, 3.63) is 34.7 Å². The van der Waals surface area contributed by atoms with Gasteiger partial charge in [0.2, 0.25) is 5.91 Å². The molecular weight excluding hydrogens is 352 g/mol. The SMILES string of the molecule is CCn1c(=O)n(CCC(=O)NCC2(N(C)C)CCCCCC2)c2ccccc21. The van der Waals surface area contributed by atoms with E-state index in [-0.39, 0.29) is 17.1 Å². The number of benzene rings is 1. The monoisotopic (exact) mass is 386 g/mol. The van der Waals surface area contributed by atoms with Crippen LogP contribution < -0.4 is 11.0 Å². The minimum absolute atomic E-state index is 0.0192. The average molecular weight is 387 g/mol. The summed E-state index contributed by atoms with van der Waals surface area (Å²) in [5.41, 5.74) is 1.85. The Morgan fingerprint density at radius 3 is 2.25 bits per heavy atom. The molecule has 6 nitrogen and oxygen atoms in total. The second-order valence-electron chi connectivity index (χ2n) is 8.23. The second kappa shape index (κ2) is 8.95. The van der Waals surface area contributed by atoms with E-state index in [1.54, 1.807) is 9.13 Å².